The maximum Gasteiger partial charge on any atom is 0.180 e. The van der Waals surface area contributed by atoms with Crippen molar-refractivity contribution in [1.82, 2.24) is 29.9 Å². The molecule has 8 nitrogen and oxygen atoms in total. The summed E-state index contributed by atoms with van der Waals surface area (Å²) in [4.78, 5) is 27.5. The number of nitrogens with one attached hydrogen (secondary N) is 1. The number of H-pyrrole nitrogens is 1. The summed E-state index contributed by atoms with van der Waals surface area (Å²) in [5.41, 5.74) is 4.16. The lowest BCUT2D eigenvalue weighted by Crippen LogP contribution is -2.30. The molecule has 5 heterocycles. The van der Waals surface area contributed by atoms with Gasteiger partial charge in [-0.15, -0.1) is 0 Å². The Balaban J connectivity index is 1.66. The average molecular weight is 345 g/mol. The van der Waals surface area contributed by atoms with Crippen molar-refractivity contribution < 1.29 is 4.74 Å². The number of hydrogen-bond acceptors (Lipinski definition) is 7. The van der Waals surface area contributed by atoms with Gasteiger partial charge in [0.1, 0.15) is 17.8 Å². The molecule has 26 heavy (non-hydrogen) atoms. The van der Waals surface area contributed by atoms with Crippen LogP contribution >= 0.6 is 0 Å². The second-order valence-electron chi connectivity index (χ2n) is 5.98. The number of nitrogens with zero attached hydrogens (tertiary/aromatic N) is 6. The molecule has 5 rings (SSSR count). The molecule has 1 N–H and O–H groups in total. The zero-order valence-electron chi connectivity index (χ0n) is 14.0. The van der Waals surface area contributed by atoms with Crippen LogP contribution in [-0.4, -0.2) is 43.1 Å². The molecule has 8 heteroatoms. The number of aryl methyl sites for hydroxylation is 1. The molecule has 0 aromatic carbocycles. The second kappa shape index (κ2) is 5.76. The Morgan fingerprint density at radius 3 is 3.00 bits per heavy atom. The molecule has 0 spiro atoms. The fourth-order valence-corrected chi connectivity index (χ4v) is 3.10. The number of hydrogen-bond donors (Lipinski definition) is 1. The van der Waals surface area contributed by atoms with E-state index in [2.05, 4.69) is 29.8 Å². The van der Waals surface area contributed by atoms with Crippen LogP contribution in [0.5, 0.6) is 5.75 Å². The largest absolute Gasteiger partial charge is 0.486 e. The smallest absolute Gasteiger partial charge is 0.180 e. The third kappa shape index (κ3) is 2.34. The SMILES string of the molecule is Cc1cccc(-c2ncc3c(n2)N(c2ccnc4nc[nH]c24)CCO3)n1. The van der Waals surface area contributed by atoms with Crippen LogP contribution in [0.2, 0.25) is 0 Å². The van der Waals surface area contributed by atoms with E-state index in [0.717, 1.165) is 22.6 Å². The first-order valence-electron chi connectivity index (χ1n) is 8.29. The molecule has 0 amide bonds. The minimum Gasteiger partial charge on any atom is -0.486 e. The third-order valence-corrected chi connectivity index (χ3v) is 4.28. The average Bonchev–Trinajstić information content (AvgIpc) is 3.16. The van der Waals surface area contributed by atoms with Crippen LogP contribution in [0.15, 0.2) is 43.0 Å². The van der Waals surface area contributed by atoms with Crippen LogP contribution in [0.4, 0.5) is 11.5 Å². The summed E-state index contributed by atoms with van der Waals surface area (Å²) in [6.45, 7) is 3.17. The predicted octanol–water partition coefficient (Wildman–Crippen LogP) is 2.65. The van der Waals surface area contributed by atoms with Crippen LogP contribution in [0, 0.1) is 6.92 Å². The van der Waals surface area contributed by atoms with Crippen molar-refractivity contribution in [2.45, 2.75) is 6.92 Å². The van der Waals surface area contributed by atoms with Crippen molar-refractivity contribution >= 4 is 22.7 Å². The predicted molar refractivity (Wildman–Crippen MR) is 96.4 cm³/mol. The maximum atomic E-state index is 5.75. The first-order valence-corrected chi connectivity index (χ1v) is 8.29. The van der Waals surface area contributed by atoms with Crippen LogP contribution in [-0.2, 0) is 0 Å². The van der Waals surface area contributed by atoms with Gasteiger partial charge in [-0.3, -0.25) is 0 Å². The zero-order valence-corrected chi connectivity index (χ0v) is 14.0. The molecule has 0 saturated carbocycles. The lowest BCUT2D eigenvalue weighted by Gasteiger charge is -2.30. The van der Waals surface area contributed by atoms with Crippen LogP contribution < -0.4 is 9.64 Å². The van der Waals surface area contributed by atoms with Gasteiger partial charge in [0.05, 0.1) is 24.8 Å². The number of aromatic nitrogens is 6. The van der Waals surface area contributed by atoms with Gasteiger partial charge in [0, 0.05) is 11.9 Å². The number of pyridine rings is 2. The molecule has 0 atom stereocenters. The Morgan fingerprint density at radius 1 is 1.12 bits per heavy atom. The number of fused-ring (bicyclic) bond motifs is 2. The fraction of sp³-hybridized carbons (Fsp3) is 0.167. The topological polar surface area (TPSA) is 92.7 Å². The highest BCUT2D eigenvalue weighted by Crippen LogP contribution is 2.37. The molecule has 0 bridgehead atoms. The van der Waals surface area contributed by atoms with Crippen molar-refractivity contribution in [3.05, 3.63) is 48.7 Å². The molecule has 4 aromatic rings. The van der Waals surface area contributed by atoms with E-state index in [4.69, 9.17) is 9.72 Å². The summed E-state index contributed by atoms with van der Waals surface area (Å²) in [6, 6.07) is 7.75. The quantitative estimate of drug-likeness (QED) is 0.597. The lowest BCUT2D eigenvalue weighted by molar-refractivity contribution is 0.310. The summed E-state index contributed by atoms with van der Waals surface area (Å²) in [5, 5.41) is 0. The van der Waals surface area contributed by atoms with E-state index in [1.165, 1.54) is 0 Å². The van der Waals surface area contributed by atoms with Crippen molar-refractivity contribution in [3.63, 3.8) is 0 Å². The monoisotopic (exact) mass is 345 g/mol. The van der Waals surface area contributed by atoms with Gasteiger partial charge in [-0.05, 0) is 25.1 Å². The van der Waals surface area contributed by atoms with Crippen molar-refractivity contribution in [3.8, 4) is 17.3 Å². The minimum atomic E-state index is 0.552. The normalized spacial score (nSPS) is 13.5. The van der Waals surface area contributed by atoms with Crippen molar-refractivity contribution in [2.24, 2.45) is 0 Å². The van der Waals surface area contributed by atoms with E-state index in [0.29, 0.717) is 36.2 Å². The van der Waals surface area contributed by atoms with E-state index in [9.17, 15) is 0 Å². The zero-order chi connectivity index (χ0) is 17.5. The Morgan fingerprint density at radius 2 is 2.08 bits per heavy atom. The van der Waals surface area contributed by atoms with E-state index < -0.39 is 0 Å². The summed E-state index contributed by atoms with van der Waals surface area (Å²) in [5.74, 6) is 1.93. The standard InChI is InChI=1S/C18H15N7O/c1-11-3-2-4-12(23-11)16-20-9-14-18(24-16)25(7-8-26-14)13-5-6-19-17-15(13)21-10-22-17/h2-6,9-10H,7-8H2,1H3,(H,19,21,22). The number of imidazole rings is 1. The van der Waals surface area contributed by atoms with Gasteiger partial charge >= 0.3 is 0 Å². The van der Waals surface area contributed by atoms with E-state index in [1.807, 2.05) is 31.2 Å². The molecule has 1 aliphatic rings. The van der Waals surface area contributed by atoms with Gasteiger partial charge in [0.2, 0.25) is 0 Å². The van der Waals surface area contributed by atoms with Crippen LogP contribution in [0.3, 0.4) is 0 Å². The Kier molecular flexibility index (Phi) is 3.27. The Labute approximate surface area is 148 Å². The van der Waals surface area contributed by atoms with E-state index in [1.54, 1.807) is 18.7 Å². The summed E-state index contributed by atoms with van der Waals surface area (Å²) in [6.07, 6.45) is 5.10. The first kappa shape index (κ1) is 14.8. The third-order valence-electron chi connectivity index (χ3n) is 4.28. The Bertz CT molecular complexity index is 1110. The number of rotatable bonds is 2. The summed E-state index contributed by atoms with van der Waals surface area (Å²) >= 11 is 0. The van der Waals surface area contributed by atoms with Crippen molar-refractivity contribution in [1.29, 1.82) is 0 Å². The summed E-state index contributed by atoms with van der Waals surface area (Å²) < 4.78 is 5.75. The maximum absolute atomic E-state index is 5.75. The molecule has 128 valence electrons. The van der Waals surface area contributed by atoms with E-state index in [-0.39, 0.29) is 0 Å². The number of ether oxygens (including phenoxy) is 1. The molecule has 1 aliphatic heterocycles. The molecule has 0 unspecified atom stereocenters. The molecule has 0 aliphatic carbocycles. The minimum absolute atomic E-state index is 0.552. The first-order chi connectivity index (χ1) is 12.8. The molecule has 0 saturated heterocycles. The molecular weight excluding hydrogens is 330 g/mol. The van der Waals surface area contributed by atoms with Gasteiger partial charge in [-0.2, -0.15) is 0 Å². The van der Waals surface area contributed by atoms with Gasteiger partial charge in [-0.1, -0.05) is 6.07 Å². The van der Waals surface area contributed by atoms with Crippen LogP contribution in [0.25, 0.3) is 22.7 Å². The van der Waals surface area contributed by atoms with Gasteiger partial charge < -0.3 is 14.6 Å². The molecule has 0 radical (unpaired) electrons. The molecule has 4 aromatic heterocycles. The van der Waals surface area contributed by atoms with Gasteiger partial charge in [-0.25, -0.2) is 24.9 Å². The Hall–Kier alpha value is -3.55. The highest BCUT2D eigenvalue weighted by Gasteiger charge is 2.25. The lowest BCUT2D eigenvalue weighted by atomic mass is 10.2. The summed E-state index contributed by atoms with van der Waals surface area (Å²) in [7, 11) is 0. The molecular formula is C18H15N7O. The van der Waals surface area contributed by atoms with Crippen LogP contribution in [0.1, 0.15) is 5.69 Å². The highest BCUT2D eigenvalue weighted by molar-refractivity contribution is 5.89. The second-order valence-corrected chi connectivity index (χ2v) is 5.98. The van der Waals surface area contributed by atoms with Gasteiger partial charge in [0.25, 0.3) is 0 Å². The number of aromatic amines is 1. The van der Waals surface area contributed by atoms with Crippen molar-refractivity contribution in [2.75, 3.05) is 18.1 Å². The highest BCUT2D eigenvalue weighted by atomic mass is 16.5. The number of anilines is 2. The molecule has 0 fully saturated rings. The van der Waals surface area contributed by atoms with E-state index >= 15 is 0 Å². The van der Waals surface area contributed by atoms with Gasteiger partial charge in [0.15, 0.2) is 23.0 Å². The fourth-order valence-electron chi connectivity index (χ4n) is 3.10.